The van der Waals surface area contributed by atoms with E-state index in [1.54, 1.807) is 36.3 Å². The molecule has 0 radical (unpaired) electrons. The molecule has 2 aliphatic rings. The topological polar surface area (TPSA) is 87.7 Å². The summed E-state index contributed by atoms with van der Waals surface area (Å²) in [5.74, 6) is 0.0341. The number of anilines is 2. The lowest BCUT2D eigenvalue weighted by Gasteiger charge is -2.34. The number of ether oxygens (including phenoxy) is 1. The van der Waals surface area contributed by atoms with Crippen molar-refractivity contribution >= 4 is 40.9 Å². The second kappa shape index (κ2) is 8.79. The third kappa shape index (κ3) is 4.28. The van der Waals surface area contributed by atoms with Crippen molar-refractivity contribution in [2.45, 2.75) is 23.0 Å². The van der Waals surface area contributed by atoms with Crippen molar-refractivity contribution in [3.8, 4) is 5.75 Å². The standard InChI is InChI=1S/C22H23N3O4S/c1-29-16-8-6-15(7-9-16)23-20(26)14-10-12-25(13-11-14)22(28)19-21(27)24-17-4-2-3-5-18(17)30-19/h2-9,14,19H,10-13H2,1H3,(H,23,26)(H,24,27)/t19-/m1/s1. The zero-order valence-electron chi connectivity index (χ0n) is 16.6. The van der Waals surface area contributed by atoms with Crippen LogP contribution in [0.3, 0.4) is 0 Å². The summed E-state index contributed by atoms with van der Waals surface area (Å²) in [6, 6.07) is 14.6. The van der Waals surface area contributed by atoms with Crippen molar-refractivity contribution in [2.24, 2.45) is 5.92 Å². The molecular formula is C22H23N3O4S. The highest BCUT2D eigenvalue weighted by molar-refractivity contribution is 8.01. The molecule has 0 unspecified atom stereocenters. The molecule has 7 nitrogen and oxygen atoms in total. The molecule has 2 aliphatic heterocycles. The zero-order valence-corrected chi connectivity index (χ0v) is 17.4. The van der Waals surface area contributed by atoms with Crippen molar-refractivity contribution in [2.75, 3.05) is 30.8 Å². The number of hydrogen-bond acceptors (Lipinski definition) is 5. The molecule has 30 heavy (non-hydrogen) atoms. The van der Waals surface area contributed by atoms with Crippen LogP contribution in [0.5, 0.6) is 5.75 Å². The highest BCUT2D eigenvalue weighted by atomic mass is 32.2. The van der Waals surface area contributed by atoms with Crippen molar-refractivity contribution < 1.29 is 19.1 Å². The lowest BCUT2D eigenvalue weighted by Crippen LogP contribution is -2.48. The van der Waals surface area contributed by atoms with Gasteiger partial charge in [0.25, 0.3) is 0 Å². The largest absolute Gasteiger partial charge is 0.497 e. The number of carbonyl (C=O) groups excluding carboxylic acids is 3. The molecule has 0 spiro atoms. The molecule has 0 bridgehead atoms. The first-order chi connectivity index (χ1) is 14.5. The predicted octanol–water partition coefficient (Wildman–Crippen LogP) is 2.99. The molecule has 156 valence electrons. The van der Waals surface area contributed by atoms with Gasteiger partial charge in [-0.2, -0.15) is 0 Å². The number of piperidine rings is 1. The van der Waals surface area contributed by atoms with Crippen LogP contribution in [0.25, 0.3) is 0 Å². The Hall–Kier alpha value is -3.00. The van der Waals surface area contributed by atoms with Crippen LogP contribution in [0, 0.1) is 5.92 Å². The molecule has 1 saturated heterocycles. The SMILES string of the molecule is COc1ccc(NC(=O)C2CCN(C(=O)[C@@H]3Sc4ccccc4NC3=O)CC2)cc1. The van der Waals surface area contributed by atoms with Crippen LogP contribution in [0.15, 0.2) is 53.4 Å². The van der Waals surface area contributed by atoms with Gasteiger partial charge in [-0.25, -0.2) is 0 Å². The van der Waals surface area contributed by atoms with E-state index in [-0.39, 0.29) is 23.6 Å². The second-order valence-corrected chi connectivity index (χ2v) is 8.45. The highest BCUT2D eigenvalue weighted by Crippen LogP contribution is 2.36. The van der Waals surface area contributed by atoms with Gasteiger partial charge in [0, 0.05) is 29.6 Å². The third-order valence-corrected chi connectivity index (χ3v) is 6.65. The molecule has 2 aromatic carbocycles. The highest BCUT2D eigenvalue weighted by Gasteiger charge is 2.37. The van der Waals surface area contributed by atoms with Gasteiger partial charge >= 0.3 is 0 Å². The van der Waals surface area contributed by atoms with E-state index in [4.69, 9.17) is 4.74 Å². The number of methoxy groups -OCH3 is 1. The number of fused-ring (bicyclic) bond motifs is 1. The number of carbonyl (C=O) groups is 3. The Morgan fingerprint density at radius 1 is 1.10 bits per heavy atom. The zero-order chi connectivity index (χ0) is 21.1. The van der Waals surface area contributed by atoms with E-state index in [0.717, 1.165) is 16.3 Å². The number of amides is 3. The van der Waals surface area contributed by atoms with Gasteiger partial charge in [0.1, 0.15) is 5.75 Å². The predicted molar refractivity (Wildman–Crippen MR) is 116 cm³/mol. The average Bonchev–Trinajstić information content (AvgIpc) is 2.78. The summed E-state index contributed by atoms with van der Waals surface area (Å²) in [5.41, 5.74) is 1.46. The lowest BCUT2D eigenvalue weighted by atomic mass is 9.95. The summed E-state index contributed by atoms with van der Waals surface area (Å²) in [6.45, 7) is 0.928. The molecule has 4 rings (SSSR count). The number of benzene rings is 2. The average molecular weight is 426 g/mol. The number of para-hydroxylation sites is 1. The summed E-state index contributed by atoms with van der Waals surface area (Å²) in [7, 11) is 1.59. The van der Waals surface area contributed by atoms with Gasteiger partial charge in [-0.3, -0.25) is 14.4 Å². The number of nitrogens with one attached hydrogen (secondary N) is 2. The van der Waals surface area contributed by atoms with Gasteiger partial charge in [0.2, 0.25) is 17.7 Å². The van der Waals surface area contributed by atoms with Crippen LogP contribution < -0.4 is 15.4 Å². The number of nitrogens with zero attached hydrogens (tertiary/aromatic N) is 1. The van der Waals surface area contributed by atoms with E-state index in [1.165, 1.54) is 11.8 Å². The number of thioether (sulfide) groups is 1. The van der Waals surface area contributed by atoms with Crippen molar-refractivity contribution in [1.29, 1.82) is 0 Å². The van der Waals surface area contributed by atoms with E-state index in [2.05, 4.69) is 10.6 Å². The van der Waals surface area contributed by atoms with Gasteiger partial charge in [-0.05, 0) is 49.2 Å². The van der Waals surface area contributed by atoms with E-state index >= 15 is 0 Å². The summed E-state index contributed by atoms with van der Waals surface area (Å²) in [4.78, 5) is 40.5. The molecule has 2 heterocycles. The van der Waals surface area contributed by atoms with E-state index in [9.17, 15) is 14.4 Å². The van der Waals surface area contributed by atoms with Crippen LogP contribution in [-0.4, -0.2) is 48.1 Å². The Morgan fingerprint density at radius 2 is 1.80 bits per heavy atom. The van der Waals surface area contributed by atoms with E-state index in [0.29, 0.717) is 31.6 Å². The van der Waals surface area contributed by atoms with Gasteiger partial charge < -0.3 is 20.3 Å². The fourth-order valence-electron chi connectivity index (χ4n) is 3.66. The number of hydrogen-bond donors (Lipinski definition) is 2. The summed E-state index contributed by atoms with van der Waals surface area (Å²) in [6.07, 6.45) is 1.15. The molecule has 3 amide bonds. The van der Waals surface area contributed by atoms with Crippen LogP contribution in [-0.2, 0) is 14.4 Å². The summed E-state index contributed by atoms with van der Waals surface area (Å²) in [5, 5.41) is 4.95. The first-order valence-electron chi connectivity index (χ1n) is 9.85. The Labute approximate surface area is 179 Å². The molecule has 0 saturated carbocycles. The minimum atomic E-state index is -0.787. The van der Waals surface area contributed by atoms with Gasteiger partial charge in [0.05, 0.1) is 12.8 Å². The van der Waals surface area contributed by atoms with Gasteiger partial charge in [-0.15, -0.1) is 11.8 Å². The molecule has 0 aromatic heterocycles. The molecule has 2 N–H and O–H groups in total. The van der Waals surface area contributed by atoms with Crippen LogP contribution >= 0.6 is 11.8 Å². The van der Waals surface area contributed by atoms with Crippen LogP contribution in [0.4, 0.5) is 11.4 Å². The fourth-order valence-corrected chi connectivity index (χ4v) is 4.73. The Balaban J connectivity index is 1.32. The number of likely N-dealkylation sites (tertiary alicyclic amines) is 1. The van der Waals surface area contributed by atoms with Crippen molar-refractivity contribution in [3.63, 3.8) is 0 Å². The Morgan fingerprint density at radius 3 is 2.50 bits per heavy atom. The molecule has 0 aliphatic carbocycles. The smallest absolute Gasteiger partial charge is 0.247 e. The van der Waals surface area contributed by atoms with E-state index in [1.807, 2.05) is 24.3 Å². The summed E-state index contributed by atoms with van der Waals surface area (Å²) >= 11 is 1.29. The van der Waals surface area contributed by atoms with E-state index < -0.39 is 5.25 Å². The minimum Gasteiger partial charge on any atom is -0.497 e. The Bertz CT molecular complexity index is 955. The van der Waals surface area contributed by atoms with Crippen LogP contribution in [0.1, 0.15) is 12.8 Å². The maximum absolute atomic E-state index is 12.9. The molecular weight excluding hydrogens is 402 g/mol. The van der Waals surface area contributed by atoms with Gasteiger partial charge in [0.15, 0.2) is 5.25 Å². The van der Waals surface area contributed by atoms with Crippen molar-refractivity contribution in [1.82, 2.24) is 4.90 Å². The first-order valence-corrected chi connectivity index (χ1v) is 10.7. The minimum absolute atomic E-state index is 0.0500. The molecule has 1 atom stereocenters. The van der Waals surface area contributed by atoms with Crippen molar-refractivity contribution in [3.05, 3.63) is 48.5 Å². The van der Waals surface area contributed by atoms with Gasteiger partial charge in [-0.1, -0.05) is 12.1 Å². The maximum Gasteiger partial charge on any atom is 0.247 e. The van der Waals surface area contributed by atoms with Crippen LogP contribution in [0.2, 0.25) is 0 Å². The quantitative estimate of drug-likeness (QED) is 0.736. The monoisotopic (exact) mass is 425 g/mol. The molecule has 1 fully saturated rings. The molecule has 8 heteroatoms. The Kier molecular flexibility index (Phi) is 5.94. The normalized spacial score (nSPS) is 18.9. The third-order valence-electron chi connectivity index (χ3n) is 5.39. The second-order valence-electron chi connectivity index (χ2n) is 7.30. The first kappa shape index (κ1) is 20.3. The summed E-state index contributed by atoms with van der Waals surface area (Å²) < 4.78 is 5.12. The number of rotatable bonds is 4. The fraction of sp³-hybridized carbons (Fsp3) is 0.318. The lowest BCUT2D eigenvalue weighted by molar-refractivity contribution is -0.136. The molecule has 2 aromatic rings. The maximum atomic E-state index is 12.9.